The number of hydrogen-bond acceptors (Lipinski definition) is 3. The van der Waals surface area contributed by atoms with Crippen LogP contribution in [0.15, 0.2) is 12.1 Å². The number of nitrogens with two attached hydrogens (primary N) is 1. The van der Waals surface area contributed by atoms with E-state index in [-0.39, 0.29) is 6.54 Å². The van der Waals surface area contributed by atoms with E-state index < -0.39 is 11.9 Å². The first-order valence-electron chi connectivity index (χ1n) is 7.03. The van der Waals surface area contributed by atoms with E-state index in [1.165, 1.54) is 18.9 Å². The number of hydrogen-bond donors (Lipinski definition) is 1. The molecule has 1 aromatic rings. The monoisotopic (exact) mass is 285 g/mol. The van der Waals surface area contributed by atoms with Crippen molar-refractivity contribution < 1.29 is 13.2 Å². The molecule has 0 aliphatic heterocycles. The summed E-state index contributed by atoms with van der Waals surface area (Å²) in [5, 5.41) is 0. The fourth-order valence-corrected chi connectivity index (χ4v) is 2.42. The van der Waals surface area contributed by atoms with Gasteiger partial charge >= 0.3 is 6.18 Å². The minimum Gasteiger partial charge on any atom is -0.353 e. The van der Waals surface area contributed by atoms with Crippen LogP contribution in [-0.2, 0) is 12.7 Å². The molecule has 0 bridgehead atoms. The highest BCUT2D eigenvalue weighted by Crippen LogP contribution is 2.39. The average molecular weight is 285 g/mol. The molecule has 0 atom stereocenters. The van der Waals surface area contributed by atoms with Crippen LogP contribution in [0, 0.1) is 5.92 Å². The second-order valence-electron chi connectivity index (χ2n) is 5.71. The van der Waals surface area contributed by atoms with Crippen LogP contribution in [0.4, 0.5) is 19.0 Å². The van der Waals surface area contributed by atoms with Crippen LogP contribution in [0.1, 0.15) is 36.9 Å². The second-order valence-corrected chi connectivity index (χ2v) is 5.71. The summed E-state index contributed by atoms with van der Waals surface area (Å²) < 4.78 is 38.5. The van der Waals surface area contributed by atoms with Crippen LogP contribution in [0.5, 0.6) is 0 Å². The molecule has 2 fully saturated rings. The molecule has 3 nitrogen and oxygen atoms in total. The lowest BCUT2D eigenvalue weighted by Crippen LogP contribution is -2.31. The molecule has 2 aliphatic carbocycles. The predicted molar refractivity (Wildman–Crippen MR) is 70.2 cm³/mol. The zero-order chi connectivity index (χ0) is 14.3. The Labute approximate surface area is 116 Å². The van der Waals surface area contributed by atoms with Gasteiger partial charge in [-0.05, 0) is 37.7 Å². The van der Waals surface area contributed by atoms with Crippen LogP contribution in [0.2, 0.25) is 0 Å². The number of alkyl halides is 3. The van der Waals surface area contributed by atoms with Gasteiger partial charge in [0.15, 0.2) is 0 Å². The quantitative estimate of drug-likeness (QED) is 0.904. The molecular weight excluding hydrogens is 267 g/mol. The predicted octanol–water partition coefficient (Wildman–Crippen LogP) is 2.94. The maximum absolute atomic E-state index is 12.8. The van der Waals surface area contributed by atoms with Crippen LogP contribution < -0.4 is 10.6 Å². The maximum atomic E-state index is 12.8. The number of aromatic nitrogens is 1. The molecule has 0 saturated heterocycles. The van der Waals surface area contributed by atoms with Gasteiger partial charge in [0.25, 0.3) is 0 Å². The molecule has 0 amide bonds. The van der Waals surface area contributed by atoms with Crippen molar-refractivity contribution in [2.75, 3.05) is 11.4 Å². The Balaban J connectivity index is 1.94. The van der Waals surface area contributed by atoms with Gasteiger partial charge in [0, 0.05) is 24.7 Å². The van der Waals surface area contributed by atoms with Gasteiger partial charge in [0.1, 0.15) is 11.5 Å². The van der Waals surface area contributed by atoms with E-state index in [0.717, 1.165) is 25.5 Å². The van der Waals surface area contributed by atoms with Crippen molar-refractivity contribution in [1.82, 2.24) is 4.98 Å². The minimum absolute atomic E-state index is 0.217. The van der Waals surface area contributed by atoms with Gasteiger partial charge in [-0.1, -0.05) is 6.07 Å². The Morgan fingerprint density at radius 3 is 2.40 bits per heavy atom. The molecule has 6 heteroatoms. The van der Waals surface area contributed by atoms with Gasteiger partial charge < -0.3 is 10.6 Å². The summed E-state index contributed by atoms with van der Waals surface area (Å²) in [4.78, 5) is 5.93. The number of nitrogens with zero attached hydrogens (tertiary/aromatic N) is 2. The molecule has 20 heavy (non-hydrogen) atoms. The van der Waals surface area contributed by atoms with Crippen molar-refractivity contribution in [2.24, 2.45) is 11.7 Å². The fraction of sp³-hybridized carbons (Fsp3) is 0.643. The van der Waals surface area contributed by atoms with Gasteiger partial charge in [0.2, 0.25) is 0 Å². The smallest absolute Gasteiger partial charge is 0.353 e. The summed E-state index contributed by atoms with van der Waals surface area (Å²) in [6, 6.07) is 2.83. The van der Waals surface area contributed by atoms with Crippen molar-refractivity contribution in [3.8, 4) is 0 Å². The molecule has 1 heterocycles. The Bertz CT molecular complexity index is 493. The van der Waals surface area contributed by atoms with E-state index in [0.29, 0.717) is 23.3 Å². The summed E-state index contributed by atoms with van der Waals surface area (Å²) in [7, 11) is 0. The molecule has 0 unspecified atom stereocenters. The SMILES string of the molecule is NCc1ccc(C(F)(F)F)nc1N(CC1CC1)C1CC1. The highest BCUT2D eigenvalue weighted by Gasteiger charge is 2.38. The van der Waals surface area contributed by atoms with Gasteiger partial charge in [0.05, 0.1) is 0 Å². The highest BCUT2D eigenvalue weighted by molar-refractivity contribution is 5.50. The fourth-order valence-electron chi connectivity index (χ4n) is 2.42. The van der Waals surface area contributed by atoms with E-state index in [1.54, 1.807) is 0 Å². The van der Waals surface area contributed by atoms with E-state index in [1.807, 2.05) is 0 Å². The van der Waals surface area contributed by atoms with Crippen molar-refractivity contribution in [3.05, 3.63) is 23.4 Å². The molecule has 3 rings (SSSR count). The van der Waals surface area contributed by atoms with Crippen molar-refractivity contribution in [3.63, 3.8) is 0 Å². The van der Waals surface area contributed by atoms with Gasteiger partial charge in [-0.2, -0.15) is 13.2 Å². The normalized spacial score (nSPS) is 19.2. The Hall–Kier alpha value is -1.30. The zero-order valence-electron chi connectivity index (χ0n) is 11.2. The van der Waals surface area contributed by atoms with Gasteiger partial charge in [-0.3, -0.25) is 0 Å². The number of halogens is 3. The van der Waals surface area contributed by atoms with Crippen molar-refractivity contribution >= 4 is 5.82 Å². The number of anilines is 1. The van der Waals surface area contributed by atoms with Crippen LogP contribution in [-0.4, -0.2) is 17.6 Å². The van der Waals surface area contributed by atoms with E-state index in [9.17, 15) is 13.2 Å². The third-order valence-electron chi connectivity index (χ3n) is 3.88. The summed E-state index contributed by atoms with van der Waals surface area (Å²) in [5.41, 5.74) is 5.54. The van der Waals surface area contributed by atoms with Crippen molar-refractivity contribution in [2.45, 2.75) is 44.4 Å². The third-order valence-corrected chi connectivity index (χ3v) is 3.88. The van der Waals surface area contributed by atoms with Gasteiger partial charge in [-0.25, -0.2) is 4.98 Å². The topological polar surface area (TPSA) is 42.1 Å². The first kappa shape index (κ1) is 13.7. The van der Waals surface area contributed by atoms with Gasteiger partial charge in [-0.15, -0.1) is 0 Å². The number of pyridine rings is 1. The average Bonchev–Trinajstić information content (AvgIpc) is 3.26. The van der Waals surface area contributed by atoms with Crippen LogP contribution >= 0.6 is 0 Å². The lowest BCUT2D eigenvalue weighted by molar-refractivity contribution is -0.141. The second kappa shape index (κ2) is 4.91. The summed E-state index contributed by atoms with van der Waals surface area (Å²) in [6.07, 6.45) is 0.000272. The van der Waals surface area contributed by atoms with Crippen LogP contribution in [0.25, 0.3) is 0 Å². The minimum atomic E-state index is -4.41. The van der Waals surface area contributed by atoms with Crippen molar-refractivity contribution in [1.29, 1.82) is 0 Å². The molecule has 2 N–H and O–H groups in total. The summed E-state index contributed by atoms with van der Waals surface area (Å²) in [5.74, 6) is 1.05. The molecule has 0 radical (unpaired) electrons. The van der Waals surface area contributed by atoms with E-state index in [4.69, 9.17) is 5.73 Å². The van der Waals surface area contributed by atoms with E-state index >= 15 is 0 Å². The molecule has 2 saturated carbocycles. The lowest BCUT2D eigenvalue weighted by atomic mass is 10.2. The third kappa shape index (κ3) is 2.90. The zero-order valence-corrected chi connectivity index (χ0v) is 11.2. The molecule has 110 valence electrons. The highest BCUT2D eigenvalue weighted by atomic mass is 19.4. The molecule has 0 spiro atoms. The molecule has 0 aromatic carbocycles. The molecule has 1 aromatic heterocycles. The standard InChI is InChI=1S/C14H18F3N3/c15-14(16,17)12-6-3-10(7-18)13(19-12)20(11-4-5-11)8-9-1-2-9/h3,6,9,11H,1-2,4-5,7-8,18H2. The Morgan fingerprint density at radius 1 is 1.20 bits per heavy atom. The summed E-state index contributed by atoms with van der Waals surface area (Å²) >= 11 is 0. The Morgan fingerprint density at radius 2 is 1.90 bits per heavy atom. The first-order valence-corrected chi connectivity index (χ1v) is 7.03. The molecular formula is C14H18F3N3. The number of rotatable bonds is 5. The first-order chi connectivity index (χ1) is 9.49. The van der Waals surface area contributed by atoms with Crippen LogP contribution in [0.3, 0.4) is 0 Å². The van der Waals surface area contributed by atoms with E-state index in [2.05, 4.69) is 9.88 Å². The maximum Gasteiger partial charge on any atom is 0.433 e. The Kier molecular flexibility index (Phi) is 3.36. The lowest BCUT2D eigenvalue weighted by Gasteiger charge is -2.26. The largest absolute Gasteiger partial charge is 0.433 e. The summed E-state index contributed by atoms with van der Waals surface area (Å²) in [6.45, 7) is 1.03. The molecule has 2 aliphatic rings.